The van der Waals surface area contributed by atoms with Crippen molar-refractivity contribution in [1.82, 2.24) is 5.32 Å². The molecule has 2 rings (SSSR count). The number of methoxy groups -OCH3 is 1. The fourth-order valence-corrected chi connectivity index (χ4v) is 2.40. The minimum atomic E-state index is -0.186. The first-order valence-corrected chi connectivity index (χ1v) is 7.22. The van der Waals surface area contributed by atoms with E-state index in [0.717, 1.165) is 29.0 Å². The van der Waals surface area contributed by atoms with E-state index in [2.05, 4.69) is 5.32 Å². The second-order valence-electron chi connectivity index (χ2n) is 5.17. The van der Waals surface area contributed by atoms with Crippen molar-refractivity contribution in [1.29, 1.82) is 0 Å². The minimum absolute atomic E-state index is 0.186. The van der Waals surface area contributed by atoms with Crippen LogP contribution in [-0.2, 0) is 6.54 Å². The third-order valence-corrected chi connectivity index (χ3v) is 3.81. The molecule has 21 heavy (non-hydrogen) atoms. The molecule has 0 aliphatic rings. The van der Waals surface area contributed by atoms with Crippen LogP contribution in [0.5, 0.6) is 5.75 Å². The van der Waals surface area contributed by atoms with E-state index < -0.39 is 0 Å². The average molecular weight is 287 g/mol. The lowest BCUT2D eigenvalue weighted by Gasteiger charge is -2.14. The van der Waals surface area contributed by atoms with Gasteiger partial charge >= 0.3 is 0 Å². The summed E-state index contributed by atoms with van der Waals surface area (Å²) in [6.45, 7) is 7.44. The summed E-state index contributed by atoms with van der Waals surface area (Å²) in [4.78, 5) is 0. The SMILES string of the molecule is CCNCc1ccc(-c2ccc(C)c(C)c2OC)cc1F. The molecule has 0 spiro atoms. The number of nitrogens with one attached hydrogen (secondary N) is 1. The van der Waals surface area contributed by atoms with Crippen molar-refractivity contribution in [2.75, 3.05) is 13.7 Å². The number of halogens is 1. The van der Waals surface area contributed by atoms with E-state index in [1.165, 1.54) is 5.56 Å². The van der Waals surface area contributed by atoms with Crippen LogP contribution in [0.4, 0.5) is 4.39 Å². The molecular formula is C18H22FNO. The molecule has 2 nitrogen and oxygen atoms in total. The van der Waals surface area contributed by atoms with Crippen molar-refractivity contribution < 1.29 is 9.13 Å². The lowest BCUT2D eigenvalue weighted by atomic mass is 9.97. The Morgan fingerprint density at radius 2 is 1.90 bits per heavy atom. The zero-order valence-electron chi connectivity index (χ0n) is 13.1. The van der Waals surface area contributed by atoms with Crippen LogP contribution >= 0.6 is 0 Å². The van der Waals surface area contributed by atoms with Gasteiger partial charge in [-0.3, -0.25) is 0 Å². The van der Waals surface area contributed by atoms with Crippen LogP contribution in [0.1, 0.15) is 23.6 Å². The topological polar surface area (TPSA) is 21.3 Å². The molecule has 0 unspecified atom stereocenters. The number of hydrogen-bond acceptors (Lipinski definition) is 2. The molecule has 0 radical (unpaired) electrons. The zero-order valence-corrected chi connectivity index (χ0v) is 13.1. The molecule has 0 bridgehead atoms. The van der Waals surface area contributed by atoms with Crippen molar-refractivity contribution in [2.45, 2.75) is 27.3 Å². The monoisotopic (exact) mass is 287 g/mol. The first-order chi connectivity index (χ1) is 10.1. The standard InChI is InChI=1S/C18H22FNO/c1-5-20-11-15-8-7-14(10-17(15)19)16-9-6-12(2)13(3)18(16)21-4/h6-10,20H,5,11H2,1-4H3. The molecule has 0 aromatic heterocycles. The Bertz CT molecular complexity index is 637. The number of aryl methyl sites for hydroxylation is 1. The van der Waals surface area contributed by atoms with E-state index in [9.17, 15) is 4.39 Å². The Morgan fingerprint density at radius 3 is 2.52 bits per heavy atom. The van der Waals surface area contributed by atoms with E-state index in [0.29, 0.717) is 12.1 Å². The Hall–Kier alpha value is -1.87. The van der Waals surface area contributed by atoms with Crippen LogP contribution in [0.15, 0.2) is 30.3 Å². The molecule has 0 saturated carbocycles. The van der Waals surface area contributed by atoms with E-state index in [1.807, 2.05) is 45.0 Å². The predicted molar refractivity (Wildman–Crippen MR) is 85.2 cm³/mol. The van der Waals surface area contributed by atoms with Crippen LogP contribution in [0.2, 0.25) is 0 Å². The molecule has 0 fully saturated rings. The summed E-state index contributed by atoms with van der Waals surface area (Å²) >= 11 is 0. The van der Waals surface area contributed by atoms with Gasteiger partial charge in [0.25, 0.3) is 0 Å². The largest absolute Gasteiger partial charge is 0.496 e. The van der Waals surface area contributed by atoms with Crippen LogP contribution < -0.4 is 10.1 Å². The number of rotatable bonds is 5. The summed E-state index contributed by atoms with van der Waals surface area (Å²) in [6, 6.07) is 9.39. The molecule has 0 aliphatic carbocycles. The number of ether oxygens (including phenoxy) is 1. The Morgan fingerprint density at radius 1 is 1.14 bits per heavy atom. The summed E-state index contributed by atoms with van der Waals surface area (Å²) in [5.41, 5.74) is 4.71. The second-order valence-corrected chi connectivity index (χ2v) is 5.17. The van der Waals surface area contributed by atoms with E-state index in [1.54, 1.807) is 13.2 Å². The minimum Gasteiger partial charge on any atom is -0.496 e. The highest BCUT2D eigenvalue weighted by Crippen LogP contribution is 2.35. The van der Waals surface area contributed by atoms with Gasteiger partial charge in [0.15, 0.2) is 0 Å². The van der Waals surface area contributed by atoms with Crippen molar-refractivity contribution in [3.05, 3.63) is 52.8 Å². The molecule has 112 valence electrons. The van der Waals surface area contributed by atoms with Gasteiger partial charge < -0.3 is 10.1 Å². The highest BCUT2D eigenvalue weighted by atomic mass is 19.1. The molecule has 2 aromatic carbocycles. The maximum absolute atomic E-state index is 14.2. The summed E-state index contributed by atoms with van der Waals surface area (Å²) in [5, 5.41) is 3.14. The molecule has 0 aliphatic heterocycles. The van der Waals surface area contributed by atoms with Gasteiger partial charge in [0.1, 0.15) is 11.6 Å². The fourth-order valence-electron chi connectivity index (χ4n) is 2.40. The number of hydrogen-bond donors (Lipinski definition) is 1. The second kappa shape index (κ2) is 6.72. The van der Waals surface area contributed by atoms with Crippen molar-refractivity contribution >= 4 is 0 Å². The first-order valence-electron chi connectivity index (χ1n) is 7.22. The lowest BCUT2D eigenvalue weighted by Crippen LogP contribution is -2.12. The highest BCUT2D eigenvalue weighted by molar-refractivity contribution is 5.73. The molecule has 0 saturated heterocycles. The molecule has 1 N–H and O–H groups in total. The average Bonchev–Trinajstić information content (AvgIpc) is 2.48. The Labute approximate surface area is 126 Å². The van der Waals surface area contributed by atoms with Gasteiger partial charge in [-0.2, -0.15) is 0 Å². The van der Waals surface area contributed by atoms with Gasteiger partial charge in [-0.15, -0.1) is 0 Å². The van der Waals surface area contributed by atoms with Gasteiger partial charge in [0.05, 0.1) is 7.11 Å². The normalized spacial score (nSPS) is 10.7. The van der Waals surface area contributed by atoms with E-state index in [-0.39, 0.29) is 5.82 Å². The predicted octanol–water partition coefficient (Wildman–Crippen LogP) is 4.23. The highest BCUT2D eigenvalue weighted by Gasteiger charge is 2.12. The van der Waals surface area contributed by atoms with Gasteiger partial charge in [0, 0.05) is 17.7 Å². The summed E-state index contributed by atoms with van der Waals surface area (Å²) in [5.74, 6) is 0.627. The molecule has 2 aromatic rings. The third kappa shape index (κ3) is 3.24. The van der Waals surface area contributed by atoms with Crippen LogP contribution in [0, 0.1) is 19.7 Å². The molecule has 0 heterocycles. The Kier molecular flexibility index (Phi) is 4.97. The molecule has 0 atom stereocenters. The fraction of sp³-hybridized carbons (Fsp3) is 0.333. The van der Waals surface area contributed by atoms with Crippen molar-refractivity contribution in [3.8, 4) is 16.9 Å². The first kappa shape index (κ1) is 15.5. The molecule has 0 amide bonds. The van der Waals surface area contributed by atoms with E-state index in [4.69, 9.17) is 4.74 Å². The maximum atomic E-state index is 14.2. The summed E-state index contributed by atoms with van der Waals surface area (Å²) in [7, 11) is 1.65. The summed E-state index contributed by atoms with van der Waals surface area (Å²) < 4.78 is 19.7. The smallest absolute Gasteiger partial charge is 0.129 e. The molecular weight excluding hydrogens is 265 g/mol. The van der Waals surface area contributed by atoms with E-state index >= 15 is 0 Å². The Balaban J connectivity index is 2.43. The van der Waals surface area contributed by atoms with Gasteiger partial charge in [-0.25, -0.2) is 4.39 Å². The van der Waals surface area contributed by atoms with Crippen molar-refractivity contribution in [2.24, 2.45) is 0 Å². The quantitative estimate of drug-likeness (QED) is 0.888. The van der Waals surface area contributed by atoms with Gasteiger partial charge in [0.2, 0.25) is 0 Å². The van der Waals surface area contributed by atoms with Crippen LogP contribution in [0.3, 0.4) is 0 Å². The number of benzene rings is 2. The lowest BCUT2D eigenvalue weighted by molar-refractivity contribution is 0.413. The molecule has 3 heteroatoms. The van der Waals surface area contributed by atoms with Gasteiger partial charge in [-0.05, 0) is 43.1 Å². The zero-order chi connectivity index (χ0) is 15.4. The maximum Gasteiger partial charge on any atom is 0.129 e. The van der Waals surface area contributed by atoms with Crippen LogP contribution in [-0.4, -0.2) is 13.7 Å². The summed E-state index contributed by atoms with van der Waals surface area (Å²) in [6.07, 6.45) is 0. The van der Waals surface area contributed by atoms with Crippen LogP contribution in [0.25, 0.3) is 11.1 Å². The van der Waals surface area contributed by atoms with Gasteiger partial charge in [-0.1, -0.05) is 31.2 Å². The third-order valence-electron chi connectivity index (χ3n) is 3.81. The van der Waals surface area contributed by atoms with Crippen molar-refractivity contribution in [3.63, 3.8) is 0 Å².